The van der Waals surface area contributed by atoms with Gasteiger partial charge in [-0.2, -0.15) is 0 Å². The molecule has 0 bridgehead atoms. The van der Waals surface area contributed by atoms with Gasteiger partial charge in [-0.3, -0.25) is 14.4 Å². The first-order valence-electron chi connectivity index (χ1n) is 17.2. The first-order chi connectivity index (χ1) is 21.2. The molecule has 0 aromatic rings. The standard InChI is InChI=1S/C36H56O9/c1-7-8-9-10-11-12-13-14-15-16-17-18-28(39)44-32-23(3)34(42)26(29-33(5,6)36(29,32)45-24(4)38)20-25(21-37)31(41)35(43)27(34)19-22(2)30(35)40/h19-20,23,26-27,29,31-32,37,41-43H,7-18,21H2,1-6H3/t23-,26+,27+,29-,31-,32-,34-,35-,36-/m1/s1. The summed E-state index contributed by atoms with van der Waals surface area (Å²) in [4.78, 5) is 39.2. The SMILES string of the molecule is CCCCCCCCCCCCCC(=O)O[C@@H]1[C@@H](C)[C@]2(O)[C@@H]3C=C(C)C(=O)[C@@]3(O)[C@H](O)C(CO)=C[C@H]2[C@@H]2C(C)(C)[C@]12OC(C)=O. The van der Waals surface area contributed by atoms with Crippen LogP contribution in [0.2, 0.25) is 0 Å². The first kappa shape index (κ1) is 35.8. The summed E-state index contributed by atoms with van der Waals surface area (Å²) in [7, 11) is 0. The molecule has 4 aliphatic carbocycles. The molecule has 254 valence electrons. The summed E-state index contributed by atoms with van der Waals surface area (Å²) < 4.78 is 12.2. The van der Waals surface area contributed by atoms with Crippen LogP contribution < -0.4 is 0 Å². The maximum Gasteiger partial charge on any atom is 0.306 e. The predicted octanol–water partition coefficient (Wildman–Crippen LogP) is 4.72. The highest BCUT2D eigenvalue weighted by Gasteiger charge is 2.88. The van der Waals surface area contributed by atoms with Crippen LogP contribution in [0.5, 0.6) is 0 Å². The van der Waals surface area contributed by atoms with Gasteiger partial charge in [0.25, 0.3) is 0 Å². The normalized spacial score (nSPS) is 37.9. The zero-order valence-electron chi connectivity index (χ0n) is 28.1. The van der Waals surface area contributed by atoms with Crippen LogP contribution in [-0.2, 0) is 23.9 Å². The maximum absolute atomic E-state index is 13.4. The van der Waals surface area contributed by atoms with E-state index in [9.17, 15) is 34.8 Å². The van der Waals surface area contributed by atoms with Gasteiger partial charge >= 0.3 is 11.9 Å². The van der Waals surface area contributed by atoms with Gasteiger partial charge in [0.05, 0.1) is 12.2 Å². The van der Waals surface area contributed by atoms with Gasteiger partial charge in [0, 0.05) is 42.4 Å². The lowest BCUT2D eigenvalue weighted by Crippen LogP contribution is -2.67. The lowest BCUT2D eigenvalue weighted by molar-refractivity contribution is -0.233. The van der Waals surface area contributed by atoms with E-state index in [-0.39, 0.29) is 17.6 Å². The molecule has 45 heavy (non-hydrogen) atoms. The Hall–Kier alpha value is -2.07. The maximum atomic E-state index is 13.4. The van der Waals surface area contributed by atoms with E-state index in [1.54, 1.807) is 6.92 Å². The second-order valence-corrected chi connectivity index (χ2v) is 14.8. The Bertz CT molecular complexity index is 1190. The third-order valence-electron chi connectivity index (χ3n) is 11.7. The molecule has 0 aromatic carbocycles. The van der Waals surface area contributed by atoms with Crippen molar-refractivity contribution in [2.24, 2.45) is 29.1 Å². The number of rotatable bonds is 15. The minimum absolute atomic E-state index is 0.0124. The van der Waals surface area contributed by atoms with E-state index in [4.69, 9.17) is 9.47 Å². The van der Waals surface area contributed by atoms with Crippen molar-refractivity contribution in [3.8, 4) is 0 Å². The van der Waals surface area contributed by atoms with Crippen LogP contribution in [-0.4, -0.2) is 73.8 Å². The topological polar surface area (TPSA) is 151 Å². The van der Waals surface area contributed by atoms with Gasteiger partial charge in [0.2, 0.25) is 0 Å². The number of carbonyl (C=O) groups is 3. The number of hydrogen-bond donors (Lipinski definition) is 4. The van der Waals surface area contributed by atoms with Crippen molar-refractivity contribution >= 4 is 17.7 Å². The van der Waals surface area contributed by atoms with Crippen LogP contribution in [0.15, 0.2) is 23.3 Å². The lowest BCUT2D eigenvalue weighted by atomic mass is 9.58. The summed E-state index contributed by atoms with van der Waals surface area (Å²) in [6, 6.07) is 0. The zero-order valence-corrected chi connectivity index (χ0v) is 28.1. The predicted molar refractivity (Wildman–Crippen MR) is 169 cm³/mol. The van der Waals surface area contributed by atoms with Gasteiger partial charge in [0.1, 0.15) is 12.2 Å². The van der Waals surface area contributed by atoms with Crippen LogP contribution >= 0.6 is 0 Å². The number of ether oxygens (including phenoxy) is 2. The Kier molecular flexibility index (Phi) is 10.8. The summed E-state index contributed by atoms with van der Waals surface area (Å²) in [6.45, 7) is 9.83. The summed E-state index contributed by atoms with van der Waals surface area (Å²) in [5.41, 5.74) is -6.16. The molecular weight excluding hydrogens is 576 g/mol. The fourth-order valence-electron chi connectivity index (χ4n) is 9.21. The van der Waals surface area contributed by atoms with E-state index >= 15 is 0 Å². The number of fused-ring (bicyclic) bond motifs is 5. The zero-order chi connectivity index (χ0) is 33.4. The molecule has 4 N–H and O–H groups in total. The van der Waals surface area contributed by atoms with Crippen LogP contribution in [0.4, 0.5) is 0 Å². The molecule has 0 saturated heterocycles. The molecular formula is C36H56O9. The summed E-state index contributed by atoms with van der Waals surface area (Å²) in [6.07, 6.45) is 13.0. The number of unbranched alkanes of at least 4 members (excludes halogenated alkanes) is 10. The third kappa shape index (κ3) is 5.85. The highest BCUT2D eigenvalue weighted by atomic mass is 16.6. The molecule has 4 rings (SSSR count). The Balaban J connectivity index is 1.54. The summed E-state index contributed by atoms with van der Waals surface area (Å²) >= 11 is 0. The fraction of sp³-hybridized carbons (Fsp3) is 0.806. The van der Waals surface area contributed by atoms with Crippen molar-refractivity contribution in [2.75, 3.05) is 6.61 Å². The molecule has 0 spiro atoms. The highest BCUT2D eigenvalue weighted by molar-refractivity contribution is 6.05. The van der Waals surface area contributed by atoms with Gasteiger partial charge < -0.3 is 29.9 Å². The van der Waals surface area contributed by atoms with Crippen LogP contribution in [0, 0.1) is 29.1 Å². The Morgan fingerprint density at radius 2 is 1.49 bits per heavy atom. The van der Waals surface area contributed by atoms with Crippen molar-refractivity contribution in [2.45, 2.75) is 148 Å². The Labute approximate surface area is 268 Å². The van der Waals surface area contributed by atoms with Crippen molar-refractivity contribution in [1.29, 1.82) is 0 Å². The van der Waals surface area contributed by atoms with Crippen LogP contribution in [0.1, 0.15) is 119 Å². The molecule has 9 atom stereocenters. The van der Waals surface area contributed by atoms with E-state index < -0.39 is 82.4 Å². The number of esters is 2. The van der Waals surface area contributed by atoms with E-state index in [2.05, 4.69) is 6.92 Å². The second kappa shape index (κ2) is 13.6. The molecule has 0 unspecified atom stereocenters. The van der Waals surface area contributed by atoms with Gasteiger partial charge in [-0.05, 0) is 24.5 Å². The van der Waals surface area contributed by atoms with Crippen LogP contribution in [0.3, 0.4) is 0 Å². The van der Waals surface area contributed by atoms with E-state index in [0.29, 0.717) is 6.42 Å². The van der Waals surface area contributed by atoms with E-state index in [1.807, 2.05) is 13.8 Å². The molecule has 2 saturated carbocycles. The minimum Gasteiger partial charge on any atom is -0.458 e. The molecule has 0 aromatic heterocycles. The molecule has 4 aliphatic rings. The molecule has 0 heterocycles. The number of carbonyl (C=O) groups excluding carboxylic acids is 3. The van der Waals surface area contributed by atoms with Crippen LogP contribution in [0.25, 0.3) is 0 Å². The molecule has 9 nitrogen and oxygen atoms in total. The molecule has 0 amide bonds. The lowest BCUT2D eigenvalue weighted by Gasteiger charge is -2.53. The molecule has 0 radical (unpaired) electrons. The smallest absolute Gasteiger partial charge is 0.306 e. The van der Waals surface area contributed by atoms with Crippen molar-refractivity contribution in [3.63, 3.8) is 0 Å². The molecule has 9 heteroatoms. The Morgan fingerprint density at radius 1 is 0.933 bits per heavy atom. The number of ketones is 1. The van der Waals surface area contributed by atoms with Gasteiger partial charge in [-0.15, -0.1) is 0 Å². The van der Waals surface area contributed by atoms with Crippen molar-refractivity contribution < 1.29 is 44.3 Å². The number of hydrogen-bond acceptors (Lipinski definition) is 9. The number of aliphatic hydroxyl groups is 4. The van der Waals surface area contributed by atoms with E-state index in [0.717, 1.165) is 19.3 Å². The van der Waals surface area contributed by atoms with Crippen molar-refractivity contribution in [3.05, 3.63) is 23.3 Å². The van der Waals surface area contributed by atoms with Gasteiger partial charge in [0.15, 0.2) is 17.0 Å². The third-order valence-corrected chi connectivity index (χ3v) is 11.7. The summed E-state index contributed by atoms with van der Waals surface area (Å²) in [5, 5.41) is 46.1. The van der Waals surface area contributed by atoms with Gasteiger partial charge in [-0.1, -0.05) is 104 Å². The largest absolute Gasteiger partial charge is 0.458 e. The average Bonchev–Trinajstić information content (AvgIpc) is 3.38. The monoisotopic (exact) mass is 632 g/mol. The summed E-state index contributed by atoms with van der Waals surface area (Å²) in [5.74, 6) is -5.34. The average molecular weight is 633 g/mol. The number of Topliss-reactive ketones (excluding diaryl/α,β-unsaturated/α-hetero) is 1. The van der Waals surface area contributed by atoms with Gasteiger partial charge in [-0.25, -0.2) is 0 Å². The Morgan fingerprint density at radius 3 is 2.02 bits per heavy atom. The highest BCUT2D eigenvalue weighted by Crippen LogP contribution is 2.77. The molecule has 2 fully saturated rings. The fourth-order valence-corrected chi connectivity index (χ4v) is 9.21. The second-order valence-electron chi connectivity index (χ2n) is 14.8. The molecule has 0 aliphatic heterocycles. The quantitative estimate of drug-likeness (QED) is 0.114. The minimum atomic E-state index is -2.42. The van der Waals surface area contributed by atoms with E-state index in [1.165, 1.54) is 70.9 Å². The van der Waals surface area contributed by atoms with Crippen molar-refractivity contribution in [1.82, 2.24) is 0 Å². The number of aliphatic hydroxyl groups excluding tert-OH is 2. The first-order valence-corrected chi connectivity index (χ1v) is 17.2.